The molecule has 0 spiro atoms. The Morgan fingerprint density at radius 2 is 1.62 bits per heavy atom. The lowest BCUT2D eigenvalue weighted by Gasteiger charge is -2.26. The Morgan fingerprint density at radius 3 is 2.12 bits per heavy atom. The van der Waals surface area contributed by atoms with Crippen molar-refractivity contribution in [3.8, 4) is 5.69 Å². The first-order chi connectivity index (χ1) is 11.1. The van der Waals surface area contributed by atoms with Crippen LogP contribution in [0.1, 0.15) is 28.2 Å². The first-order valence-corrected chi connectivity index (χ1v) is 8.83. The molecular formula is C15H24B6N2O. The molecule has 0 aliphatic heterocycles. The summed E-state index contributed by atoms with van der Waals surface area (Å²) in [6, 6.07) is 0. The molecule has 0 saturated heterocycles. The number of hydrogen-bond acceptors (Lipinski definition) is 2. The fraction of sp³-hybridized carbons (Fsp3) is 0.333. The molecular weight excluding hydrogens is 289 g/mol. The van der Waals surface area contributed by atoms with Gasteiger partial charge < -0.3 is 0 Å². The Bertz CT molecular complexity index is 876. The van der Waals surface area contributed by atoms with E-state index in [1.165, 1.54) is 27.5 Å². The summed E-state index contributed by atoms with van der Waals surface area (Å²) in [6.45, 7) is 10.4. The Balaban J connectivity index is 3.07. The summed E-state index contributed by atoms with van der Waals surface area (Å²) < 4.78 is 1.83. The molecule has 0 amide bonds. The average molecular weight is 313 g/mol. The lowest BCUT2D eigenvalue weighted by Crippen LogP contribution is -2.49. The summed E-state index contributed by atoms with van der Waals surface area (Å²) in [4.78, 5) is 17.7. The predicted octanol–water partition coefficient (Wildman–Crippen LogP) is -4.40. The van der Waals surface area contributed by atoms with Crippen LogP contribution >= 0.6 is 0 Å². The van der Waals surface area contributed by atoms with Crippen molar-refractivity contribution >= 4 is 61.1 Å². The van der Waals surface area contributed by atoms with Gasteiger partial charge >= 0.3 is 0 Å². The molecule has 118 valence electrons. The molecule has 0 fully saturated rings. The van der Waals surface area contributed by atoms with Gasteiger partial charge in [0, 0.05) is 16.9 Å². The van der Waals surface area contributed by atoms with Crippen LogP contribution in [0.3, 0.4) is 0 Å². The van der Waals surface area contributed by atoms with E-state index in [0.717, 1.165) is 29.9 Å². The molecule has 9 heteroatoms. The summed E-state index contributed by atoms with van der Waals surface area (Å²) in [5.74, 6) is 0.760. The van der Waals surface area contributed by atoms with Crippen molar-refractivity contribution in [2.24, 2.45) is 0 Å². The van der Waals surface area contributed by atoms with Gasteiger partial charge in [0.1, 0.15) is 27.3 Å². The summed E-state index contributed by atoms with van der Waals surface area (Å²) >= 11 is 0. The molecule has 0 unspecified atom stereocenters. The molecule has 0 bridgehead atoms. The van der Waals surface area contributed by atoms with E-state index in [9.17, 15) is 4.79 Å². The topological polar surface area (TPSA) is 34.9 Å². The maximum Gasteiger partial charge on any atom is 0.261 e. The minimum absolute atomic E-state index is 0.0491. The molecule has 1 aromatic carbocycles. The number of rotatable bonds is 3. The van der Waals surface area contributed by atoms with Crippen molar-refractivity contribution in [1.82, 2.24) is 9.55 Å². The van der Waals surface area contributed by atoms with E-state index in [2.05, 4.69) is 49.9 Å². The third-order valence-corrected chi connectivity index (χ3v) is 5.36. The average Bonchev–Trinajstić information content (AvgIpc) is 2.50. The van der Waals surface area contributed by atoms with Crippen molar-refractivity contribution < 1.29 is 0 Å². The van der Waals surface area contributed by atoms with Gasteiger partial charge in [0.15, 0.2) is 0 Å². The Morgan fingerprint density at radius 1 is 1.04 bits per heavy atom. The van der Waals surface area contributed by atoms with Gasteiger partial charge in [0.2, 0.25) is 0 Å². The highest BCUT2D eigenvalue weighted by Crippen LogP contribution is 2.13. The van der Waals surface area contributed by atoms with Crippen molar-refractivity contribution in [2.75, 3.05) is 0 Å². The van der Waals surface area contributed by atoms with E-state index in [1.54, 1.807) is 0 Å². The van der Waals surface area contributed by atoms with Crippen molar-refractivity contribution in [3.63, 3.8) is 0 Å². The second-order valence-electron chi connectivity index (χ2n) is 7.13. The highest BCUT2D eigenvalue weighted by Gasteiger charge is 2.23. The second-order valence-corrected chi connectivity index (χ2v) is 7.13. The Kier molecular flexibility index (Phi) is 5.31. The van der Waals surface area contributed by atoms with Crippen LogP contribution in [0.25, 0.3) is 5.69 Å². The molecule has 3 nitrogen and oxygen atoms in total. The highest BCUT2D eigenvalue weighted by atomic mass is 16.1. The first-order valence-electron chi connectivity index (χ1n) is 8.83. The van der Waals surface area contributed by atoms with Crippen LogP contribution in [0.5, 0.6) is 0 Å². The van der Waals surface area contributed by atoms with Gasteiger partial charge in [-0.2, -0.15) is 0 Å². The standard InChI is InChI=1S/C15H24B6N2O/c1-6-9(4)22-10(5)23(15(6)24)14-7(2)11(16)12(20-17)8(3)13(14)21(18)19/h20H,16-19H2,1-5H3. The SMILES string of the molecule is BBc1c(B)c(C)c(-n2c(C)nc(C)c(C)c2=O)c(B(B)B)c1C. The van der Waals surface area contributed by atoms with E-state index in [4.69, 9.17) is 0 Å². The predicted molar refractivity (Wildman–Crippen MR) is 120 cm³/mol. The minimum Gasteiger partial charge on any atom is -0.269 e. The number of aromatic nitrogens is 2. The highest BCUT2D eigenvalue weighted by molar-refractivity contribution is 7.35. The third-order valence-electron chi connectivity index (χ3n) is 5.36. The summed E-state index contributed by atoms with van der Waals surface area (Å²) in [6.07, 6.45) is 0. The zero-order valence-corrected chi connectivity index (χ0v) is 16.6. The summed E-state index contributed by atoms with van der Waals surface area (Å²) in [5.41, 5.74) is 9.10. The largest absolute Gasteiger partial charge is 0.269 e. The van der Waals surface area contributed by atoms with Crippen molar-refractivity contribution in [1.29, 1.82) is 0 Å². The smallest absolute Gasteiger partial charge is 0.261 e. The van der Waals surface area contributed by atoms with Gasteiger partial charge in [0.05, 0.1) is 23.2 Å². The zero-order valence-electron chi connectivity index (χ0n) is 16.6. The van der Waals surface area contributed by atoms with Crippen LogP contribution in [0, 0.1) is 34.6 Å². The van der Waals surface area contributed by atoms with Gasteiger partial charge in [-0.1, -0.05) is 22.0 Å². The van der Waals surface area contributed by atoms with Gasteiger partial charge in [-0.15, -0.1) is 0 Å². The van der Waals surface area contributed by atoms with Crippen LogP contribution in [-0.4, -0.2) is 54.3 Å². The van der Waals surface area contributed by atoms with Crippen LogP contribution in [-0.2, 0) is 0 Å². The van der Waals surface area contributed by atoms with Crippen molar-refractivity contribution in [3.05, 3.63) is 38.6 Å². The van der Waals surface area contributed by atoms with E-state index in [-0.39, 0.29) is 5.56 Å². The fourth-order valence-corrected chi connectivity index (χ4v) is 3.86. The van der Waals surface area contributed by atoms with E-state index in [0.29, 0.717) is 6.49 Å². The summed E-state index contributed by atoms with van der Waals surface area (Å²) in [7, 11) is 9.79. The second kappa shape index (κ2) is 6.78. The van der Waals surface area contributed by atoms with Crippen molar-refractivity contribution in [2.45, 2.75) is 34.6 Å². The van der Waals surface area contributed by atoms with Crippen LogP contribution < -0.4 is 21.9 Å². The molecule has 0 aliphatic rings. The Labute approximate surface area is 149 Å². The molecule has 0 atom stereocenters. The lowest BCUT2D eigenvalue weighted by atomic mass is 9.16. The maximum absolute atomic E-state index is 13.0. The van der Waals surface area contributed by atoms with Crippen LogP contribution in [0.4, 0.5) is 0 Å². The fourth-order valence-electron chi connectivity index (χ4n) is 3.86. The quantitative estimate of drug-likeness (QED) is 0.537. The summed E-state index contributed by atoms with van der Waals surface area (Å²) in [5, 5.41) is 0. The zero-order chi connectivity index (χ0) is 18.3. The van der Waals surface area contributed by atoms with Crippen LogP contribution in [0.15, 0.2) is 4.79 Å². The monoisotopic (exact) mass is 314 g/mol. The molecule has 0 aliphatic carbocycles. The number of hydrogen-bond donors (Lipinski definition) is 0. The normalized spacial score (nSPS) is 10.7. The molecule has 0 radical (unpaired) electrons. The van der Waals surface area contributed by atoms with Gasteiger partial charge in [-0.25, -0.2) is 4.98 Å². The third kappa shape index (κ3) is 2.82. The Hall–Kier alpha value is -1.51. The maximum atomic E-state index is 13.0. The molecule has 2 rings (SSSR count). The van der Waals surface area contributed by atoms with Crippen LogP contribution in [0.2, 0.25) is 0 Å². The minimum atomic E-state index is 0.0491. The van der Waals surface area contributed by atoms with E-state index < -0.39 is 0 Å². The number of nitrogens with zero attached hydrogens (tertiary/aromatic N) is 2. The molecule has 24 heavy (non-hydrogen) atoms. The van der Waals surface area contributed by atoms with E-state index in [1.807, 2.05) is 25.3 Å². The first kappa shape index (κ1) is 18.8. The van der Waals surface area contributed by atoms with Gasteiger partial charge in [0.25, 0.3) is 5.56 Å². The number of benzene rings is 1. The van der Waals surface area contributed by atoms with Gasteiger partial charge in [-0.3, -0.25) is 9.36 Å². The molecule has 1 heterocycles. The molecule has 0 saturated carbocycles. The lowest BCUT2D eigenvalue weighted by molar-refractivity contribution is 0.835. The van der Waals surface area contributed by atoms with E-state index >= 15 is 0 Å². The number of aryl methyl sites for hydroxylation is 2. The molecule has 2 aromatic rings. The van der Waals surface area contributed by atoms with Gasteiger partial charge in [-0.05, 0) is 40.2 Å². The molecule has 0 N–H and O–H groups in total. The molecule has 1 aromatic heterocycles.